The van der Waals surface area contributed by atoms with Crippen LogP contribution in [-0.4, -0.2) is 18.3 Å². The van der Waals surface area contributed by atoms with E-state index in [1.54, 1.807) is 0 Å². The summed E-state index contributed by atoms with van der Waals surface area (Å²) in [6, 6.07) is 18.0. The summed E-state index contributed by atoms with van der Waals surface area (Å²) in [6.45, 7) is 12.1. The summed E-state index contributed by atoms with van der Waals surface area (Å²) in [5, 5.41) is 0. The standard InChI is InChI=1S/C22H30O3/c1-16(2)23-21-15-11-10-14-20(21)22(24-17(3)4,25-18(5)6)19-12-8-7-9-13-19/h7-18H,1-6H3. The van der Waals surface area contributed by atoms with Gasteiger partial charge in [0.15, 0.2) is 0 Å². The second-order valence-electron chi connectivity index (χ2n) is 6.98. The van der Waals surface area contributed by atoms with Gasteiger partial charge in [0, 0.05) is 5.56 Å². The van der Waals surface area contributed by atoms with E-state index in [2.05, 4.69) is 0 Å². The Kier molecular flexibility index (Phi) is 6.63. The monoisotopic (exact) mass is 342 g/mol. The van der Waals surface area contributed by atoms with Crippen LogP contribution in [0.5, 0.6) is 5.75 Å². The lowest BCUT2D eigenvalue weighted by Gasteiger charge is -2.38. The highest BCUT2D eigenvalue weighted by Gasteiger charge is 2.41. The molecule has 2 rings (SSSR count). The summed E-state index contributed by atoms with van der Waals surface area (Å²) in [6.07, 6.45) is 0.0184. The molecule has 2 aromatic carbocycles. The molecule has 0 aromatic heterocycles. The van der Waals surface area contributed by atoms with Gasteiger partial charge in [-0.15, -0.1) is 0 Å². The molecule has 0 N–H and O–H groups in total. The Bertz CT molecular complexity index is 637. The average molecular weight is 342 g/mol. The molecule has 0 spiro atoms. The lowest BCUT2D eigenvalue weighted by atomic mass is 9.95. The van der Waals surface area contributed by atoms with E-state index in [0.717, 1.165) is 16.9 Å². The zero-order valence-corrected chi connectivity index (χ0v) is 16.2. The Hall–Kier alpha value is -1.84. The first-order chi connectivity index (χ1) is 11.8. The van der Waals surface area contributed by atoms with E-state index >= 15 is 0 Å². The lowest BCUT2D eigenvalue weighted by molar-refractivity contribution is -0.252. The molecular formula is C22H30O3. The van der Waals surface area contributed by atoms with Crippen LogP contribution in [0.15, 0.2) is 54.6 Å². The predicted octanol–water partition coefficient (Wildman–Crippen LogP) is 5.52. The van der Waals surface area contributed by atoms with E-state index in [-0.39, 0.29) is 18.3 Å². The molecule has 0 aliphatic heterocycles. The molecule has 0 aliphatic carbocycles. The van der Waals surface area contributed by atoms with Crippen LogP contribution in [0.25, 0.3) is 0 Å². The van der Waals surface area contributed by atoms with Gasteiger partial charge in [-0.25, -0.2) is 0 Å². The van der Waals surface area contributed by atoms with E-state index in [1.807, 2.05) is 96.1 Å². The maximum Gasteiger partial charge on any atom is 0.226 e. The molecule has 3 heteroatoms. The second kappa shape index (κ2) is 8.50. The zero-order chi connectivity index (χ0) is 18.4. The maximum atomic E-state index is 6.44. The largest absolute Gasteiger partial charge is 0.491 e. The summed E-state index contributed by atoms with van der Waals surface area (Å²) >= 11 is 0. The third-order valence-corrected chi connectivity index (χ3v) is 3.56. The lowest BCUT2D eigenvalue weighted by Crippen LogP contribution is -2.39. The normalized spacial score (nSPS) is 12.2. The van der Waals surface area contributed by atoms with Crippen molar-refractivity contribution >= 4 is 0 Å². The van der Waals surface area contributed by atoms with Crippen molar-refractivity contribution in [1.82, 2.24) is 0 Å². The van der Waals surface area contributed by atoms with E-state index in [9.17, 15) is 0 Å². The van der Waals surface area contributed by atoms with Gasteiger partial charge in [-0.2, -0.15) is 0 Å². The average Bonchev–Trinajstić information content (AvgIpc) is 2.54. The van der Waals surface area contributed by atoms with E-state index in [0.29, 0.717) is 0 Å². The summed E-state index contributed by atoms with van der Waals surface area (Å²) in [7, 11) is 0. The van der Waals surface area contributed by atoms with Crippen molar-refractivity contribution < 1.29 is 14.2 Å². The number of hydrogen-bond acceptors (Lipinski definition) is 3. The third kappa shape index (κ3) is 4.83. The predicted molar refractivity (Wildman–Crippen MR) is 102 cm³/mol. The van der Waals surface area contributed by atoms with Crippen molar-refractivity contribution in [3.63, 3.8) is 0 Å². The van der Waals surface area contributed by atoms with Crippen molar-refractivity contribution in [2.75, 3.05) is 0 Å². The van der Waals surface area contributed by atoms with Crippen LogP contribution in [0.2, 0.25) is 0 Å². The van der Waals surface area contributed by atoms with Crippen LogP contribution < -0.4 is 4.74 Å². The van der Waals surface area contributed by atoms with Crippen LogP contribution in [0.4, 0.5) is 0 Å². The molecule has 0 unspecified atom stereocenters. The zero-order valence-electron chi connectivity index (χ0n) is 16.2. The van der Waals surface area contributed by atoms with E-state index in [4.69, 9.17) is 14.2 Å². The molecule has 0 radical (unpaired) electrons. The Morgan fingerprint density at radius 2 is 1.16 bits per heavy atom. The van der Waals surface area contributed by atoms with Gasteiger partial charge >= 0.3 is 0 Å². The van der Waals surface area contributed by atoms with Crippen LogP contribution in [0.1, 0.15) is 52.7 Å². The van der Waals surface area contributed by atoms with Crippen molar-refractivity contribution in [2.45, 2.75) is 65.6 Å². The van der Waals surface area contributed by atoms with Gasteiger partial charge < -0.3 is 14.2 Å². The molecule has 0 saturated heterocycles. The van der Waals surface area contributed by atoms with Gasteiger partial charge in [-0.05, 0) is 53.7 Å². The van der Waals surface area contributed by atoms with Gasteiger partial charge in [0.25, 0.3) is 0 Å². The van der Waals surface area contributed by atoms with Crippen LogP contribution in [0, 0.1) is 0 Å². The molecular weight excluding hydrogens is 312 g/mol. The molecule has 0 heterocycles. The Balaban J connectivity index is 2.69. The van der Waals surface area contributed by atoms with Crippen molar-refractivity contribution in [1.29, 1.82) is 0 Å². The van der Waals surface area contributed by atoms with Crippen molar-refractivity contribution in [3.05, 3.63) is 65.7 Å². The van der Waals surface area contributed by atoms with Crippen LogP contribution in [0.3, 0.4) is 0 Å². The summed E-state index contributed by atoms with van der Waals surface area (Å²) in [5.41, 5.74) is 1.84. The van der Waals surface area contributed by atoms with Gasteiger partial charge in [0.2, 0.25) is 5.79 Å². The molecule has 0 fully saturated rings. The molecule has 2 aromatic rings. The van der Waals surface area contributed by atoms with Gasteiger partial charge in [0.05, 0.1) is 23.9 Å². The van der Waals surface area contributed by atoms with Crippen molar-refractivity contribution in [3.8, 4) is 5.75 Å². The number of rotatable bonds is 8. The first-order valence-electron chi connectivity index (χ1n) is 9.02. The highest BCUT2D eigenvalue weighted by molar-refractivity contribution is 5.43. The number of ether oxygens (including phenoxy) is 3. The highest BCUT2D eigenvalue weighted by atomic mass is 16.7. The van der Waals surface area contributed by atoms with Crippen molar-refractivity contribution in [2.24, 2.45) is 0 Å². The molecule has 0 saturated carbocycles. The smallest absolute Gasteiger partial charge is 0.226 e. The van der Waals surface area contributed by atoms with Gasteiger partial charge in [-0.3, -0.25) is 0 Å². The van der Waals surface area contributed by atoms with Crippen LogP contribution >= 0.6 is 0 Å². The maximum absolute atomic E-state index is 6.44. The van der Waals surface area contributed by atoms with E-state index in [1.165, 1.54) is 0 Å². The summed E-state index contributed by atoms with van der Waals surface area (Å²) in [5.74, 6) is -0.239. The van der Waals surface area contributed by atoms with Crippen LogP contribution in [-0.2, 0) is 15.3 Å². The molecule has 0 bridgehead atoms. The van der Waals surface area contributed by atoms with E-state index < -0.39 is 5.79 Å². The topological polar surface area (TPSA) is 27.7 Å². The molecule has 136 valence electrons. The Labute approximate surface area is 151 Å². The number of hydrogen-bond donors (Lipinski definition) is 0. The molecule has 0 atom stereocenters. The first kappa shape index (κ1) is 19.5. The minimum absolute atomic E-state index is 0.0222. The fourth-order valence-corrected chi connectivity index (χ4v) is 2.86. The molecule has 0 amide bonds. The number of benzene rings is 2. The first-order valence-corrected chi connectivity index (χ1v) is 9.02. The second-order valence-corrected chi connectivity index (χ2v) is 6.98. The fourth-order valence-electron chi connectivity index (χ4n) is 2.86. The SMILES string of the molecule is CC(C)Oc1ccccc1C(OC(C)C)(OC(C)C)c1ccccc1. The highest BCUT2D eigenvalue weighted by Crippen LogP contribution is 2.42. The molecule has 25 heavy (non-hydrogen) atoms. The Morgan fingerprint density at radius 3 is 1.68 bits per heavy atom. The van der Waals surface area contributed by atoms with Gasteiger partial charge in [-0.1, -0.05) is 42.5 Å². The third-order valence-electron chi connectivity index (χ3n) is 3.56. The summed E-state index contributed by atoms with van der Waals surface area (Å²) < 4.78 is 19.0. The number of para-hydroxylation sites is 1. The Morgan fingerprint density at radius 1 is 0.640 bits per heavy atom. The quantitative estimate of drug-likeness (QED) is 0.591. The van der Waals surface area contributed by atoms with Gasteiger partial charge in [0.1, 0.15) is 5.75 Å². The molecule has 0 aliphatic rings. The summed E-state index contributed by atoms with van der Waals surface area (Å²) in [4.78, 5) is 0. The molecule has 3 nitrogen and oxygen atoms in total. The minimum atomic E-state index is -1.02. The minimum Gasteiger partial charge on any atom is -0.491 e. The fraction of sp³-hybridized carbons (Fsp3) is 0.455.